The molecule has 36 heavy (non-hydrogen) atoms. The Hall–Kier alpha value is -3.33. The Labute approximate surface area is 215 Å². The molecule has 0 spiro atoms. The van der Waals surface area contributed by atoms with E-state index in [0.29, 0.717) is 12.3 Å². The van der Waals surface area contributed by atoms with E-state index in [-0.39, 0.29) is 11.7 Å². The average Bonchev–Trinajstić information content (AvgIpc) is 3.35. The van der Waals surface area contributed by atoms with E-state index in [1.54, 1.807) is 7.11 Å². The van der Waals surface area contributed by atoms with Gasteiger partial charge in [-0.05, 0) is 91.7 Å². The number of carbonyl (C=O) groups excluding carboxylic acids is 1. The zero-order chi connectivity index (χ0) is 25.4. The molecule has 0 saturated carbocycles. The van der Waals surface area contributed by atoms with Crippen LogP contribution in [0.25, 0.3) is 11.3 Å². The molecule has 1 aromatic heterocycles. The lowest BCUT2D eigenvalue weighted by molar-refractivity contribution is 0.0976. The number of ketones is 1. The third-order valence-electron chi connectivity index (χ3n) is 7.80. The fourth-order valence-corrected chi connectivity index (χ4v) is 5.73. The number of aromatic nitrogens is 1. The van der Waals surface area contributed by atoms with Gasteiger partial charge in [0.15, 0.2) is 5.78 Å². The van der Waals surface area contributed by atoms with Gasteiger partial charge in [0.2, 0.25) is 0 Å². The summed E-state index contributed by atoms with van der Waals surface area (Å²) in [6, 6.07) is 10.4. The van der Waals surface area contributed by atoms with Crippen molar-refractivity contribution in [3.63, 3.8) is 0 Å². The molecule has 0 radical (unpaired) electrons. The van der Waals surface area contributed by atoms with Crippen molar-refractivity contribution in [2.24, 2.45) is 11.8 Å². The van der Waals surface area contributed by atoms with Crippen LogP contribution in [0, 0.1) is 11.8 Å². The third kappa shape index (κ3) is 4.48. The van der Waals surface area contributed by atoms with Crippen LogP contribution in [-0.4, -0.2) is 17.5 Å². The van der Waals surface area contributed by atoms with Crippen LogP contribution in [0.15, 0.2) is 83.0 Å². The van der Waals surface area contributed by atoms with Crippen molar-refractivity contribution in [1.82, 2.24) is 4.57 Å². The van der Waals surface area contributed by atoms with E-state index in [1.807, 2.05) is 12.1 Å². The Kier molecular flexibility index (Phi) is 6.75. The fourth-order valence-electron chi connectivity index (χ4n) is 5.73. The second-order valence-electron chi connectivity index (χ2n) is 10.7. The SMILES string of the molecule is COc1ccc(-n2c(C3=CC(C)=C4C=C(C(C)C)C=CC(C)=CC34)cc3c2CCCCCC3=O)cc1. The van der Waals surface area contributed by atoms with Crippen LogP contribution in [0.1, 0.15) is 75.1 Å². The molecule has 5 rings (SSSR count). The lowest BCUT2D eigenvalue weighted by Gasteiger charge is -2.22. The Morgan fingerprint density at radius 1 is 0.972 bits per heavy atom. The first-order chi connectivity index (χ1) is 17.4. The molecule has 1 atom stereocenters. The number of methoxy groups -OCH3 is 1. The lowest BCUT2D eigenvalue weighted by Crippen LogP contribution is -2.11. The minimum absolute atomic E-state index is 0.163. The second-order valence-corrected chi connectivity index (χ2v) is 10.7. The van der Waals surface area contributed by atoms with Gasteiger partial charge in [-0.2, -0.15) is 0 Å². The molecule has 1 unspecified atom stereocenters. The minimum Gasteiger partial charge on any atom is -0.497 e. The third-order valence-corrected chi connectivity index (χ3v) is 7.80. The van der Waals surface area contributed by atoms with Crippen LogP contribution in [0.2, 0.25) is 0 Å². The van der Waals surface area contributed by atoms with Gasteiger partial charge in [-0.3, -0.25) is 4.79 Å². The molecule has 0 amide bonds. The molecule has 0 bridgehead atoms. The standard InChI is InChI=1S/C33H37NO2/c1-21(2)24-12-11-22(3)17-28-27(19-24)23(4)18-29(28)32-20-30-31(9-7-6-8-10-33(30)35)34(32)25-13-15-26(36-5)16-14-25/h11-21,28H,6-10H2,1-5H3. The van der Waals surface area contributed by atoms with Crippen LogP contribution >= 0.6 is 0 Å². The second kappa shape index (κ2) is 9.97. The minimum atomic E-state index is 0.163. The maximum atomic E-state index is 13.3. The molecule has 3 aliphatic rings. The molecular weight excluding hydrogens is 442 g/mol. The average molecular weight is 480 g/mol. The predicted octanol–water partition coefficient (Wildman–Crippen LogP) is 8.21. The fraction of sp³-hybridized carbons (Fsp3) is 0.364. The number of ether oxygens (including phenoxy) is 1. The Balaban J connectivity index is 1.71. The number of rotatable bonds is 4. The first kappa shape index (κ1) is 24.4. The smallest absolute Gasteiger partial charge is 0.164 e. The summed E-state index contributed by atoms with van der Waals surface area (Å²) in [6.07, 6.45) is 16.3. The van der Waals surface area contributed by atoms with E-state index >= 15 is 0 Å². The number of fused-ring (bicyclic) bond motifs is 2. The van der Waals surface area contributed by atoms with Crippen LogP contribution in [0.4, 0.5) is 0 Å². The summed E-state index contributed by atoms with van der Waals surface area (Å²) in [7, 11) is 1.69. The van der Waals surface area contributed by atoms with E-state index in [9.17, 15) is 4.79 Å². The summed E-state index contributed by atoms with van der Waals surface area (Å²) < 4.78 is 7.78. The summed E-state index contributed by atoms with van der Waals surface area (Å²) in [5.74, 6) is 1.73. The molecule has 0 N–H and O–H groups in total. The van der Waals surface area contributed by atoms with Crippen LogP contribution in [0.3, 0.4) is 0 Å². The topological polar surface area (TPSA) is 31.2 Å². The molecule has 2 aromatic rings. The largest absolute Gasteiger partial charge is 0.497 e. The molecule has 3 nitrogen and oxygen atoms in total. The van der Waals surface area contributed by atoms with Crippen LogP contribution < -0.4 is 4.74 Å². The normalized spacial score (nSPS) is 20.1. The highest BCUT2D eigenvalue weighted by Gasteiger charge is 2.31. The van der Waals surface area contributed by atoms with Crippen molar-refractivity contribution < 1.29 is 9.53 Å². The van der Waals surface area contributed by atoms with Crippen LogP contribution in [-0.2, 0) is 6.42 Å². The summed E-state index contributed by atoms with van der Waals surface area (Å²) in [5, 5.41) is 0. The first-order valence-corrected chi connectivity index (χ1v) is 13.3. The molecule has 186 valence electrons. The van der Waals surface area contributed by atoms with E-state index < -0.39 is 0 Å². The Morgan fingerprint density at radius 2 is 1.72 bits per heavy atom. The van der Waals surface area contributed by atoms with Gasteiger partial charge >= 0.3 is 0 Å². The van der Waals surface area contributed by atoms with Gasteiger partial charge in [0, 0.05) is 29.3 Å². The predicted molar refractivity (Wildman–Crippen MR) is 149 cm³/mol. The van der Waals surface area contributed by atoms with E-state index in [4.69, 9.17) is 4.74 Å². The quantitative estimate of drug-likeness (QED) is 0.442. The maximum Gasteiger partial charge on any atom is 0.164 e. The lowest BCUT2D eigenvalue weighted by atomic mass is 9.86. The van der Waals surface area contributed by atoms with E-state index in [1.165, 1.54) is 27.9 Å². The van der Waals surface area contributed by atoms with Gasteiger partial charge in [-0.15, -0.1) is 0 Å². The molecular formula is C33H37NO2. The number of hydrogen-bond donors (Lipinski definition) is 0. The van der Waals surface area contributed by atoms with Crippen molar-refractivity contribution in [3.05, 3.63) is 100.0 Å². The summed E-state index contributed by atoms with van der Waals surface area (Å²) >= 11 is 0. The van der Waals surface area contributed by atoms with Crippen molar-refractivity contribution >= 4 is 11.4 Å². The molecule has 3 heteroatoms. The van der Waals surface area contributed by atoms with Gasteiger partial charge in [-0.1, -0.05) is 56.2 Å². The summed E-state index contributed by atoms with van der Waals surface area (Å²) in [4.78, 5) is 13.3. The maximum absolute atomic E-state index is 13.3. The zero-order valence-corrected chi connectivity index (χ0v) is 22.2. The summed E-state index contributed by atoms with van der Waals surface area (Å²) in [6.45, 7) is 8.92. The van der Waals surface area contributed by atoms with Crippen LogP contribution in [0.5, 0.6) is 5.75 Å². The number of nitrogens with zero attached hydrogens (tertiary/aromatic N) is 1. The highest BCUT2D eigenvalue weighted by Crippen LogP contribution is 2.44. The zero-order valence-electron chi connectivity index (χ0n) is 22.2. The van der Waals surface area contributed by atoms with Gasteiger partial charge in [0.05, 0.1) is 12.8 Å². The van der Waals surface area contributed by atoms with Crippen molar-refractivity contribution in [2.45, 2.75) is 59.8 Å². The Bertz CT molecular complexity index is 1340. The van der Waals surface area contributed by atoms with E-state index in [2.05, 4.69) is 80.8 Å². The van der Waals surface area contributed by atoms with Gasteiger partial charge < -0.3 is 9.30 Å². The number of carbonyl (C=O) groups is 1. The van der Waals surface area contributed by atoms with Gasteiger partial charge in [-0.25, -0.2) is 0 Å². The monoisotopic (exact) mass is 479 g/mol. The molecule has 1 aromatic carbocycles. The van der Waals surface area contributed by atoms with Crippen molar-refractivity contribution in [3.8, 4) is 11.4 Å². The molecule has 0 fully saturated rings. The van der Waals surface area contributed by atoms with Gasteiger partial charge in [0.25, 0.3) is 0 Å². The Morgan fingerprint density at radius 3 is 2.44 bits per heavy atom. The number of hydrogen-bond acceptors (Lipinski definition) is 2. The molecule has 1 heterocycles. The van der Waals surface area contributed by atoms with E-state index in [0.717, 1.165) is 54.1 Å². The molecule has 3 aliphatic carbocycles. The number of Topliss-reactive ketones (excluding diaryl/α,β-unsaturated/α-hetero) is 1. The van der Waals surface area contributed by atoms with Gasteiger partial charge in [0.1, 0.15) is 5.75 Å². The van der Waals surface area contributed by atoms with Crippen molar-refractivity contribution in [2.75, 3.05) is 7.11 Å². The van der Waals surface area contributed by atoms with Crippen molar-refractivity contribution in [1.29, 1.82) is 0 Å². The highest BCUT2D eigenvalue weighted by molar-refractivity contribution is 5.99. The molecule has 0 saturated heterocycles. The first-order valence-electron chi connectivity index (χ1n) is 13.3. The number of allylic oxidation sites excluding steroid dienone is 10. The molecule has 0 aliphatic heterocycles. The summed E-state index contributed by atoms with van der Waals surface area (Å²) in [5.41, 5.74) is 10.8. The highest BCUT2D eigenvalue weighted by atomic mass is 16.5. The number of benzene rings is 1.